The maximum Gasteiger partial charge on any atom is 0.0758 e. The number of alkyl halides is 1. The van der Waals surface area contributed by atoms with E-state index in [9.17, 15) is 0 Å². The van der Waals surface area contributed by atoms with E-state index in [0.717, 1.165) is 11.3 Å². The second-order valence-electron chi connectivity index (χ2n) is 2.44. The molecule has 0 saturated heterocycles. The van der Waals surface area contributed by atoms with Crippen LogP contribution in [0.2, 0.25) is 5.02 Å². The Morgan fingerprint density at radius 2 is 2.07 bits per heavy atom. The van der Waals surface area contributed by atoms with Gasteiger partial charge >= 0.3 is 0 Å². The lowest BCUT2D eigenvalue weighted by Crippen LogP contribution is -1.79. The van der Waals surface area contributed by atoms with E-state index in [0.29, 0.717) is 10.2 Å². The van der Waals surface area contributed by atoms with Gasteiger partial charge in [-0.2, -0.15) is 0 Å². The molecule has 0 amide bonds. The van der Waals surface area contributed by atoms with Gasteiger partial charge < -0.3 is 0 Å². The van der Waals surface area contributed by atoms with Crippen molar-refractivity contribution >= 4 is 47.4 Å². The van der Waals surface area contributed by atoms with Crippen molar-refractivity contribution in [3.63, 3.8) is 0 Å². The average Bonchev–Trinajstić information content (AvgIpc) is 2.21. The number of halogens is 2. The molecule has 0 bridgehead atoms. The Hall–Kier alpha value is -0.440. The monoisotopic (exact) mass is 245 g/mol. The van der Waals surface area contributed by atoms with Crippen molar-refractivity contribution in [2.45, 2.75) is 0 Å². The van der Waals surface area contributed by atoms with Crippen molar-refractivity contribution in [3.05, 3.63) is 40.3 Å². The number of benzene rings is 1. The van der Waals surface area contributed by atoms with Gasteiger partial charge in [-0.25, -0.2) is 0 Å². The van der Waals surface area contributed by atoms with E-state index in [1.807, 2.05) is 29.7 Å². The minimum absolute atomic E-state index is 0.507. The van der Waals surface area contributed by atoms with Gasteiger partial charge in [-0.3, -0.25) is 4.99 Å². The standard InChI is InChI=1S/C10H9Cl2NS/c1-13-10(6-14-7-11)8-2-4-9(12)5-3-8/h2-6H,1,7H2/b10-6-. The highest BCUT2D eigenvalue weighted by Gasteiger charge is 1.98. The smallest absolute Gasteiger partial charge is 0.0758 e. The van der Waals surface area contributed by atoms with Crippen LogP contribution in [0, 0.1) is 0 Å². The lowest BCUT2D eigenvalue weighted by molar-refractivity contribution is 1.53. The first kappa shape index (κ1) is 11.6. The summed E-state index contributed by atoms with van der Waals surface area (Å²) in [7, 11) is 0. The van der Waals surface area contributed by atoms with Crippen LogP contribution < -0.4 is 0 Å². The molecule has 0 unspecified atom stereocenters. The zero-order valence-electron chi connectivity index (χ0n) is 7.41. The molecular formula is C10H9Cl2NS. The maximum atomic E-state index is 5.77. The van der Waals surface area contributed by atoms with Crippen LogP contribution in [-0.4, -0.2) is 11.9 Å². The maximum absolute atomic E-state index is 5.77. The van der Waals surface area contributed by atoms with Crippen LogP contribution in [0.1, 0.15) is 5.56 Å². The molecule has 74 valence electrons. The Morgan fingerprint density at radius 3 is 2.57 bits per heavy atom. The van der Waals surface area contributed by atoms with Gasteiger partial charge in [0.25, 0.3) is 0 Å². The summed E-state index contributed by atoms with van der Waals surface area (Å²) in [6.45, 7) is 3.51. The van der Waals surface area contributed by atoms with E-state index in [1.165, 1.54) is 11.8 Å². The van der Waals surface area contributed by atoms with E-state index in [-0.39, 0.29) is 0 Å². The zero-order valence-corrected chi connectivity index (χ0v) is 9.74. The molecule has 0 aliphatic carbocycles. The van der Waals surface area contributed by atoms with Crippen LogP contribution in [0.3, 0.4) is 0 Å². The molecule has 0 atom stereocenters. The molecule has 14 heavy (non-hydrogen) atoms. The summed E-state index contributed by atoms with van der Waals surface area (Å²) >= 11 is 12.8. The fraction of sp³-hybridized carbons (Fsp3) is 0.100. The molecular weight excluding hydrogens is 237 g/mol. The zero-order chi connectivity index (χ0) is 10.4. The first-order chi connectivity index (χ1) is 6.77. The number of nitrogens with zero attached hydrogens (tertiary/aromatic N) is 1. The Labute approximate surface area is 97.8 Å². The third kappa shape index (κ3) is 3.37. The molecule has 0 aliphatic heterocycles. The third-order valence-corrected chi connectivity index (χ3v) is 2.71. The van der Waals surface area contributed by atoms with Crippen LogP contribution >= 0.6 is 35.0 Å². The summed E-state index contributed by atoms with van der Waals surface area (Å²) in [6.07, 6.45) is 0. The van der Waals surface area contributed by atoms with Crippen LogP contribution in [-0.2, 0) is 0 Å². The van der Waals surface area contributed by atoms with Crippen molar-refractivity contribution in [2.75, 3.05) is 5.21 Å². The number of hydrogen-bond donors (Lipinski definition) is 0. The normalized spacial score (nSPS) is 11.4. The summed E-state index contributed by atoms with van der Waals surface area (Å²) in [5, 5.41) is 3.10. The molecule has 0 spiro atoms. The van der Waals surface area contributed by atoms with Crippen LogP contribution in [0.25, 0.3) is 5.70 Å². The fourth-order valence-electron chi connectivity index (χ4n) is 0.928. The topological polar surface area (TPSA) is 12.4 Å². The Morgan fingerprint density at radius 1 is 1.43 bits per heavy atom. The molecule has 0 aliphatic rings. The van der Waals surface area contributed by atoms with Crippen molar-refractivity contribution in [2.24, 2.45) is 4.99 Å². The lowest BCUT2D eigenvalue weighted by atomic mass is 10.2. The van der Waals surface area contributed by atoms with Gasteiger partial charge in [-0.05, 0) is 24.3 Å². The quantitative estimate of drug-likeness (QED) is 0.570. The summed E-state index contributed by atoms with van der Waals surface area (Å²) in [5.41, 5.74) is 1.80. The van der Waals surface area contributed by atoms with Gasteiger partial charge in [0.1, 0.15) is 0 Å². The molecule has 0 aromatic heterocycles. The van der Waals surface area contributed by atoms with Crippen molar-refractivity contribution in [1.29, 1.82) is 0 Å². The van der Waals surface area contributed by atoms with E-state index < -0.39 is 0 Å². The molecule has 0 N–H and O–H groups in total. The first-order valence-electron chi connectivity index (χ1n) is 3.88. The molecule has 0 radical (unpaired) electrons. The Balaban J connectivity index is 2.89. The van der Waals surface area contributed by atoms with E-state index in [2.05, 4.69) is 11.7 Å². The molecule has 0 fully saturated rings. The van der Waals surface area contributed by atoms with E-state index in [4.69, 9.17) is 23.2 Å². The van der Waals surface area contributed by atoms with Gasteiger partial charge in [0.2, 0.25) is 0 Å². The Bertz CT molecular complexity index is 332. The van der Waals surface area contributed by atoms with Crippen LogP contribution in [0.4, 0.5) is 0 Å². The second-order valence-corrected chi connectivity index (χ2v) is 4.32. The highest BCUT2D eigenvalue weighted by molar-refractivity contribution is 8.03. The minimum Gasteiger partial charge on any atom is -0.263 e. The molecule has 1 aromatic carbocycles. The number of hydrogen-bond acceptors (Lipinski definition) is 2. The van der Waals surface area contributed by atoms with Crippen LogP contribution in [0.5, 0.6) is 0 Å². The van der Waals surface area contributed by atoms with Crippen LogP contribution in [0.15, 0.2) is 34.7 Å². The molecule has 4 heteroatoms. The second kappa shape index (κ2) is 6.12. The molecule has 0 heterocycles. The molecule has 0 saturated carbocycles. The summed E-state index contributed by atoms with van der Waals surface area (Å²) in [4.78, 5) is 3.91. The molecule has 1 nitrogen and oxygen atoms in total. The number of rotatable bonds is 4. The van der Waals surface area contributed by atoms with Gasteiger partial charge in [-0.15, -0.1) is 23.4 Å². The van der Waals surface area contributed by atoms with Gasteiger partial charge in [0, 0.05) is 10.6 Å². The van der Waals surface area contributed by atoms with Crippen molar-refractivity contribution < 1.29 is 0 Å². The lowest BCUT2D eigenvalue weighted by Gasteiger charge is -2.00. The third-order valence-electron chi connectivity index (χ3n) is 1.57. The Kier molecular flexibility index (Phi) is 5.09. The van der Waals surface area contributed by atoms with E-state index >= 15 is 0 Å². The predicted molar refractivity (Wildman–Crippen MR) is 67.3 cm³/mol. The number of aliphatic imine (C=N–C) groups is 1. The highest BCUT2D eigenvalue weighted by Crippen LogP contribution is 2.21. The van der Waals surface area contributed by atoms with Gasteiger partial charge in [0.05, 0.1) is 10.9 Å². The summed E-state index contributed by atoms with van der Waals surface area (Å²) < 4.78 is 0. The van der Waals surface area contributed by atoms with Gasteiger partial charge in [-0.1, -0.05) is 23.7 Å². The molecule has 1 rings (SSSR count). The minimum atomic E-state index is 0.507. The van der Waals surface area contributed by atoms with Crippen molar-refractivity contribution in [1.82, 2.24) is 0 Å². The number of thioether (sulfide) groups is 1. The summed E-state index contributed by atoms with van der Waals surface area (Å²) in [5.74, 6) is 0. The predicted octanol–water partition coefficient (Wildman–Crippen LogP) is 4.27. The fourth-order valence-corrected chi connectivity index (χ4v) is 1.67. The van der Waals surface area contributed by atoms with Gasteiger partial charge in [0.15, 0.2) is 0 Å². The van der Waals surface area contributed by atoms with E-state index in [1.54, 1.807) is 0 Å². The summed E-state index contributed by atoms with van der Waals surface area (Å²) in [6, 6.07) is 7.44. The largest absolute Gasteiger partial charge is 0.263 e. The van der Waals surface area contributed by atoms with Crippen molar-refractivity contribution in [3.8, 4) is 0 Å². The molecule has 1 aromatic rings. The SMILES string of the molecule is C=N/C(=C\SCCl)c1ccc(Cl)cc1. The average molecular weight is 246 g/mol. The highest BCUT2D eigenvalue weighted by atomic mass is 35.5. The first-order valence-corrected chi connectivity index (χ1v) is 5.84.